The van der Waals surface area contributed by atoms with Gasteiger partial charge in [0, 0.05) is 35.6 Å². The van der Waals surface area contributed by atoms with Crippen LogP contribution in [0.1, 0.15) is 5.56 Å². The van der Waals surface area contributed by atoms with E-state index in [9.17, 15) is 14.9 Å². The normalized spacial score (nSPS) is 11.0. The molecule has 0 N–H and O–H groups in total. The second-order valence-corrected chi connectivity index (χ2v) is 7.43. The molecule has 0 bridgehead atoms. The van der Waals surface area contributed by atoms with Crippen molar-refractivity contribution in [3.8, 4) is 5.75 Å². The molecule has 0 aliphatic rings. The van der Waals surface area contributed by atoms with Crippen LogP contribution in [-0.2, 0) is 17.0 Å². The molecule has 0 unspecified atom stereocenters. The summed E-state index contributed by atoms with van der Waals surface area (Å²) in [5.74, 6) is 0.855. The van der Waals surface area contributed by atoms with Crippen LogP contribution < -0.4 is 10.3 Å². The van der Waals surface area contributed by atoms with E-state index in [1.54, 1.807) is 31.4 Å². The highest BCUT2D eigenvalue weighted by Crippen LogP contribution is 2.30. The van der Waals surface area contributed by atoms with Gasteiger partial charge in [0.2, 0.25) is 0 Å². The van der Waals surface area contributed by atoms with E-state index >= 15 is 0 Å². The van der Waals surface area contributed by atoms with Crippen molar-refractivity contribution in [2.75, 3.05) is 20.8 Å². The summed E-state index contributed by atoms with van der Waals surface area (Å²) in [4.78, 5) is 28.2. The van der Waals surface area contributed by atoms with Gasteiger partial charge in [-0.15, -0.1) is 0 Å². The highest BCUT2D eigenvalue weighted by Gasteiger charge is 2.15. The number of benzene rings is 2. The third-order valence-corrected chi connectivity index (χ3v) is 5.49. The van der Waals surface area contributed by atoms with E-state index in [-0.39, 0.29) is 11.2 Å². The number of rotatable bonds is 8. The van der Waals surface area contributed by atoms with E-state index in [0.29, 0.717) is 51.3 Å². The number of fused-ring (bicyclic) bond motifs is 1. The largest absolute Gasteiger partial charge is 0.496 e. The lowest BCUT2D eigenvalue weighted by Gasteiger charge is -2.14. The number of hydrogen-bond donors (Lipinski definition) is 0. The molecule has 0 aliphatic heterocycles. The van der Waals surface area contributed by atoms with E-state index in [1.165, 1.54) is 35.6 Å². The first-order chi connectivity index (χ1) is 13.9. The molecule has 0 saturated heterocycles. The molecule has 0 radical (unpaired) electrons. The minimum Gasteiger partial charge on any atom is -0.496 e. The Bertz CT molecular complexity index is 1120. The number of thioether (sulfide) groups is 1. The molecule has 1 aromatic heterocycles. The first kappa shape index (κ1) is 21.1. The molecule has 152 valence electrons. The summed E-state index contributed by atoms with van der Waals surface area (Å²) in [6.45, 7) is 0.670. The van der Waals surface area contributed by atoms with Crippen molar-refractivity contribution in [3.63, 3.8) is 0 Å². The van der Waals surface area contributed by atoms with Crippen molar-refractivity contribution in [2.45, 2.75) is 17.5 Å². The maximum absolute atomic E-state index is 12.9. The van der Waals surface area contributed by atoms with Crippen LogP contribution in [0, 0.1) is 10.1 Å². The van der Waals surface area contributed by atoms with Crippen LogP contribution in [0.15, 0.2) is 46.3 Å². The third kappa shape index (κ3) is 4.69. The van der Waals surface area contributed by atoms with Gasteiger partial charge >= 0.3 is 0 Å². The topological polar surface area (TPSA) is 96.5 Å². The van der Waals surface area contributed by atoms with Crippen molar-refractivity contribution in [1.82, 2.24) is 9.55 Å². The lowest BCUT2D eigenvalue weighted by Crippen LogP contribution is -2.25. The zero-order chi connectivity index (χ0) is 21.0. The van der Waals surface area contributed by atoms with Crippen LogP contribution in [0.4, 0.5) is 5.69 Å². The summed E-state index contributed by atoms with van der Waals surface area (Å²) in [6, 6.07) is 9.33. The molecule has 0 saturated carbocycles. The van der Waals surface area contributed by atoms with Crippen molar-refractivity contribution in [2.24, 2.45) is 0 Å². The SMILES string of the molecule is COCCn1c(SCc2cc([N+](=O)[O-])ccc2OC)nc2cc(Cl)ccc2c1=O. The smallest absolute Gasteiger partial charge is 0.270 e. The van der Waals surface area contributed by atoms with Gasteiger partial charge in [0.1, 0.15) is 5.75 Å². The zero-order valence-corrected chi connectivity index (χ0v) is 17.3. The highest BCUT2D eigenvalue weighted by atomic mass is 35.5. The average Bonchev–Trinajstić information content (AvgIpc) is 2.71. The average molecular weight is 436 g/mol. The number of hydrogen-bond acceptors (Lipinski definition) is 7. The Morgan fingerprint density at radius 2 is 2.03 bits per heavy atom. The molecule has 2 aromatic carbocycles. The van der Waals surface area contributed by atoms with Gasteiger partial charge in [0.15, 0.2) is 5.16 Å². The summed E-state index contributed by atoms with van der Waals surface area (Å²) in [5, 5.41) is 12.5. The molecule has 0 fully saturated rings. The maximum Gasteiger partial charge on any atom is 0.270 e. The summed E-state index contributed by atoms with van der Waals surface area (Å²) >= 11 is 7.34. The standard InChI is InChI=1S/C19H18ClN3O5S/c1-27-8-7-22-18(24)15-5-3-13(20)10-16(15)21-19(22)29-11-12-9-14(23(25)26)4-6-17(12)28-2/h3-6,9-10H,7-8,11H2,1-2H3. The summed E-state index contributed by atoms with van der Waals surface area (Å²) in [6.07, 6.45) is 0. The monoisotopic (exact) mass is 435 g/mol. The number of aromatic nitrogens is 2. The van der Waals surface area contributed by atoms with Gasteiger partial charge in [-0.3, -0.25) is 19.5 Å². The van der Waals surface area contributed by atoms with Gasteiger partial charge in [-0.05, 0) is 24.3 Å². The highest BCUT2D eigenvalue weighted by molar-refractivity contribution is 7.98. The molecule has 0 atom stereocenters. The number of nitrogens with zero attached hydrogens (tertiary/aromatic N) is 3. The Balaban J connectivity index is 2.02. The Morgan fingerprint density at radius 3 is 2.72 bits per heavy atom. The minimum absolute atomic E-state index is 0.0311. The second kappa shape index (κ2) is 9.25. The van der Waals surface area contributed by atoms with Gasteiger partial charge in [-0.1, -0.05) is 23.4 Å². The molecule has 10 heteroatoms. The molecular weight excluding hydrogens is 418 g/mol. The molecule has 1 heterocycles. The Labute approximate surface area is 175 Å². The first-order valence-corrected chi connectivity index (χ1v) is 9.94. The second-order valence-electron chi connectivity index (χ2n) is 6.05. The number of halogens is 1. The number of methoxy groups -OCH3 is 2. The van der Waals surface area contributed by atoms with Gasteiger partial charge < -0.3 is 9.47 Å². The molecular formula is C19H18ClN3O5S. The fourth-order valence-electron chi connectivity index (χ4n) is 2.80. The Hall–Kier alpha value is -2.62. The fraction of sp³-hybridized carbons (Fsp3) is 0.263. The van der Waals surface area contributed by atoms with Crippen molar-refractivity contribution >= 4 is 40.0 Å². The molecule has 0 amide bonds. The number of nitro benzene ring substituents is 1. The predicted octanol–water partition coefficient (Wildman–Crippen LogP) is 3.91. The van der Waals surface area contributed by atoms with Crippen LogP contribution in [0.25, 0.3) is 10.9 Å². The molecule has 3 rings (SSSR count). The summed E-state index contributed by atoms with van der Waals surface area (Å²) < 4.78 is 12.0. The number of nitro groups is 1. The minimum atomic E-state index is -0.460. The van der Waals surface area contributed by atoms with Gasteiger partial charge in [-0.25, -0.2) is 4.98 Å². The maximum atomic E-state index is 12.9. The van der Waals surface area contributed by atoms with Crippen LogP contribution in [0.2, 0.25) is 5.02 Å². The molecule has 8 nitrogen and oxygen atoms in total. The van der Waals surface area contributed by atoms with E-state index in [0.717, 1.165) is 0 Å². The van der Waals surface area contributed by atoms with Crippen molar-refractivity contribution < 1.29 is 14.4 Å². The Morgan fingerprint density at radius 1 is 1.24 bits per heavy atom. The lowest BCUT2D eigenvalue weighted by atomic mass is 10.2. The summed E-state index contributed by atoms with van der Waals surface area (Å²) in [5.41, 5.74) is 0.892. The molecule has 3 aromatic rings. The number of ether oxygens (including phenoxy) is 2. The van der Waals surface area contributed by atoms with Crippen LogP contribution in [0.5, 0.6) is 5.75 Å². The number of non-ortho nitro benzene ring substituents is 1. The predicted molar refractivity (Wildman–Crippen MR) is 112 cm³/mol. The molecule has 0 spiro atoms. The lowest BCUT2D eigenvalue weighted by molar-refractivity contribution is -0.384. The van der Waals surface area contributed by atoms with E-state index < -0.39 is 4.92 Å². The zero-order valence-electron chi connectivity index (χ0n) is 15.8. The van der Waals surface area contributed by atoms with Crippen molar-refractivity contribution in [1.29, 1.82) is 0 Å². The fourth-order valence-corrected chi connectivity index (χ4v) is 3.97. The summed E-state index contributed by atoms with van der Waals surface area (Å²) in [7, 11) is 3.06. The molecule has 29 heavy (non-hydrogen) atoms. The first-order valence-electron chi connectivity index (χ1n) is 8.57. The van der Waals surface area contributed by atoms with Gasteiger partial charge in [0.25, 0.3) is 11.2 Å². The van der Waals surface area contributed by atoms with E-state index in [2.05, 4.69) is 4.98 Å². The van der Waals surface area contributed by atoms with Crippen LogP contribution >= 0.6 is 23.4 Å². The third-order valence-electron chi connectivity index (χ3n) is 4.23. The van der Waals surface area contributed by atoms with Crippen molar-refractivity contribution in [3.05, 3.63) is 67.5 Å². The van der Waals surface area contributed by atoms with Gasteiger partial charge in [0.05, 0.1) is 36.1 Å². The van der Waals surface area contributed by atoms with E-state index in [4.69, 9.17) is 21.1 Å². The van der Waals surface area contributed by atoms with Crippen LogP contribution in [-0.4, -0.2) is 35.3 Å². The van der Waals surface area contributed by atoms with Crippen LogP contribution in [0.3, 0.4) is 0 Å². The Kier molecular flexibility index (Phi) is 6.73. The molecule has 0 aliphatic carbocycles. The quantitative estimate of drug-likeness (QED) is 0.229. The van der Waals surface area contributed by atoms with E-state index in [1.807, 2.05) is 0 Å². The van der Waals surface area contributed by atoms with Gasteiger partial charge in [-0.2, -0.15) is 0 Å².